The Hall–Kier alpha value is -3.03. The van der Waals surface area contributed by atoms with Gasteiger partial charge in [0.1, 0.15) is 16.7 Å². The molecule has 0 radical (unpaired) electrons. The normalized spacial score (nSPS) is 15.5. The van der Waals surface area contributed by atoms with Gasteiger partial charge in [-0.2, -0.15) is 0 Å². The zero-order chi connectivity index (χ0) is 21.1. The molecule has 1 fully saturated rings. The molecule has 0 spiro atoms. The van der Waals surface area contributed by atoms with E-state index in [1.54, 1.807) is 0 Å². The quantitative estimate of drug-likeness (QED) is 0.604. The number of nitrogens with zero attached hydrogens (tertiary/aromatic N) is 2. The maximum Gasteiger partial charge on any atom is 0.204 e. The Morgan fingerprint density at radius 2 is 1.80 bits per heavy atom. The molecule has 7 heteroatoms. The predicted molar refractivity (Wildman–Crippen MR) is 115 cm³/mol. The Balaban J connectivity index is 1.50. The highest BCUT2D eigenvalue weighted by Crippen LogP contribution is 2.41. The molecule has 0 aliphatic carbocycles. The summed E-state index contributed by atoms with van der Waals surface area (Å²) >= 11 is 0. The molecule has 1 saturated heterocycles. The van der Waals surface area contributed by atoms with Gasteiger partial charge in [0.2, 0.25) is 5.75 Å². The van der Waals surface area contributed by atoms with Gasteiger partial charge in [-0.3, -0.25) is 4.79 Å². The average molecular weight is 410 g/mol. The van der Waals surface area contributed by atoms with Crippen LogP contribution < -0.4 is 10.2 Å². The number of hydrogen-bond donors (Lipinski definition) is 2. The van der Waals surface area contributed by atoms with E-state index in [1.165, 1.54) is 12.1 Å². The zero-order valence-corrected chi connectivity index (χ0v) is 17.0. The number of phenols is 2. The smallest absolute Gasteiger partial charge is 0.204 e. The molecule has 2 heterocycles. The fourth-order valence-electron chi connectivity index (χ4n) is 3.69. The van der Waals surface area contributed by atoms with Gasteiger partial charge in [-0.15, -0.1) is 0 Å². The number of rotatable bonds is 6. The molecule has 30 heavy (non-hydrogen) atoms. The highest BCUT2D eigenvalue weighted by Gasteiger charge is 2.19. The number of likely N-dealkylation sites (N-methyl/N-ethyl adjacent to an activating group) is 1. The van der Waals surface area contributed by atoms with E-state index < -0.39 is 11.2 Å². The number of fused-ring (bicyclic) bond motifs is 1. The molecule has 1 aliphatic heterocycles. The first-order valence-electron chi connectivity index (χ1n) is 10.1. The summed E-state index contributed by atoms with van der Waals surface area (Å²) in [6, 6.07) is 11.8. The van der Waals surface area contributed by atoms with E-state index in [2.05, 4.69) is 16.8 Å². The predicted octanol–water partition coefficient (Wildman–Crippen LogP) is 2.89. The van der Waals surface area contributed by atoms with Crippen molar-refractivity contribution >= 4 is 11.0 Å². The molecule has 0 atom stereocenters. The van der Waals surface area contributed by atoms with E-state index in [1.807, 2.05) is 30.3 Å². The van der Waals surface area contributed by atoms with Gasteiger partial charge >= 0.3 is 0 Å². The molecule has 1 aromatic heterocycles. The van der Waals surface area contributed by atoms with Crippen molar-refractivity contribution in [3.05, 3.63) is 52.7 Å². The van der Waals surface area contributed by atoms with Crippen LogP contribution in [0.2, 0.25) is 0 Å². The molecule has 158 valence electrons. The molecule has 0 unspecified atom stereocenters. The van der Waals surface area contributed by atoms with Crippen molar-refractivity contribution in [3.63, 3.8) is 0 Å². The van der Waals surface area contributed by atoms with Crippen LogP contribution in [0.4, 0.5) is 0 Å². The van der Waals surface area contributed by atoms with Gasteiger partial charge in [0, 0.05) is 50.4 Å². The number of aromatic hydroxyl groups is 2. The highest BCUT2D eigenvalue weighted by atomic mass is 16.5. The van der Waals surface area contributed by atoms with Crippen molar-refractivity contribution in [2.45, 2.75) is 6.42 Å². The Labute approximate surface area is 174 Å². The average Bonchev–Trinajstić information content (AvgIpc) is 2.74. The first kappa shape index (κ1) is 20.3. The molecular formula is C23H26N2O5. The van der Waals surface area contributed by atoms with Crippen molar-refractivity contribution < 1.29 is 19.4 Å². The summed E-state index contributed by atoms with van der Waals surface area (Å²) in [5.41, 5.74) is 0.454. The van der Waals surface area contributed by atoms with Crippen molar-refractivity contribution in [1.29, 1.82) is 0 Å². The Morgan fingerprint density at radius 3 is 2.53 bits per heavy atom. The molecule has 4 rings (SSSR count). The third-order valence-corrected chi connectivity index (χ3v) is 5.45. The molecular weight excluding hydrogens is 384 g/mol. The van der Waals surface area contributed by atoms with Crippen molar-refractivity contribution in [3.8, 4) is 28.6 Å². The first-order chi connectivity index (χ1) is 14.5. The summed E-state index contributed by atoms with van der Waals surface area (Å²) in [5.74, 6) is -0.362. The van der Waals surface area contributed by atoms with Gasteiger partial charge in [-0.05, 0) is 13.5 Å². The van der Waals surface area contributed by atoms with Crippen LogP contribution in [0.3, 0.4) is 0 Å². The van der Waals surface area contributed by atoms with E-state index in [0.717, 1.165) is 44.7 Å². The van der Waals surface area contributed by atoms with E-state index in [9.17, 15) is 15.0 Å². The summed E-state index contributed by atoms with van der Waals surface area (Å²) in [6.45, 7) is 5.35. The highest BCUT2D eigenvalue weighted by molar-refractivity contribution is 5.89. The third-order valence-electron chi connectivity index (χ3n) is 5.45. The van der Waals surface area contributed by atoms with E-state index in [0.29, 0.717) is 12.4 Å². The van der Waals surface area contributed by atoms with Crippen molar-refractivity contribution in [1.82, 2.24) is 9.80 Å². The van der Waals surface area contributed by atoms with Crippen LogP contribution in [0.1, 0.15) is 6.42 Å². The second-order valence-electron chi connectivity index (χ2n) is 7.63. The summed E-state index contributed by atoms with van der Waals surface area (Å²) in [5, 5.41) is 20.9. The fourth-order valence-corrected chi connectivity index (χ4v) is 3.69. The number of ether oxygens (including phenoxy) is 1. The molecule has 7 nitrogen and oxygen atoms in total. The lowest BCUT2D eigenvalue weighted by atomic mass is 10.1. The molecule has 0 bridgehead atoms. The van der Waals surface area contributed by atoms with Crippen LogP contribution in [-0.4, -0.2) is 66.4 Å². The Morgan fingerprint density at radius 1 is 1.07 bits per heavy atom. The minimum Gasteiger partial charge on any atom is -0.504 e. The minimum atomic E-state index is -0.394. The van der Waals surface area contributed by atoms with Gasteiger partial charge < -0.3 is 29.2 Å². The van der Waals surface area contributed by atoms with Crippen molar-refractivity contribution in [2.75, 3.05) is 46.4 Å². The van der Waals surface area contributed by atoms with Crippen LogP contribution >= 0.6 is 0 Å². The largest absolute Gasteiger partial charge is 0.504 e. The van der Waals surface area contributed by atoms with E-state index in [4.69, 9.17) is 9.15 Å². The van der Waals surface area contributed by atoms with Gasteiger partial charge in [0.05, 0.1) is 6.61 Å². The van der Waals surface area contributed by atoms with Gasteiger partial charge in [-0.25, -0.2) is 0 Å². The van der Waals surface area contributed by atoms with Crippen LogP contribution in [0.5, 0.6) is 17.2 Å². The fraction of sp³-hybridized carbons (Fsp3) is 0.348. The number of benzene rings is 2. The lowest BCUT2D eigenvalue weighted by Gasteiger charge is -2.32. The van der Waals surface area contributed by atoms with Crippen LogP contribution in [0, 0.1) is 0 Å². The van der Waals surface area contributed by atoms with Gasteiger partial charge in [0.15, 0.2) is 16.9 Å². The lowest BCUT2D eigenvalue weighted by Crippen LogP contribution is -2.44. The summed E-state index contributed by atoms with van der Waals surface area (Å²) < 4.78 is 11.4. The van der Waals surface area contributed by atoms with Gasteiger partial charge in [-0.1, -0.05) is 30.3 Å². The van der Waals surface area contributed by atoms with E-state index >= 15 is 0 Å². The summed E-state index contributed by atoms with van der Waals surface area (Å²) in [7, 11) is 2.12. The zero-order valence-electron chi connectivity index (χ0n) is 17.0. The molecule has 1 aliphatic rings. The Kier molecular flexibility index (Phi) is 5.92. The first-order valence-corrected chi connectivity index (χ1v) is 10.1. The maximum atomic E-state index is 12.7. The number of hydrogen-bond acceptors (Lipinski definition) is 7. The lowest BCUT2D eigenvalue weighted by molar-refractivity contribution is 0.144. The Bertz CT molecular complexity index is 1070. The standard InChI is InChI=1S/C23H26N2O5/c1-24-9-11-25(12-10-24)8-5-13-29-23-18(27)15-20-21(22(23)28)17(26)14-19(30-20)16-6-3-2-4-7-16/h2-4,6-7,14-15,27-28H,5,8-13H2,1H3. The SMILES string of the molecule is CN1CCN(CCCOc2c(O)cc3oc(-c4ccccc4)cc(=O)c3c2O)CC1. The van der Waals surface area contributed by atoms with Crippen LogP contribution in [-0.2, 0) is 0 Å². The second kappa shape index (κ2) is 8.77. The molecule has 2 N–H and O–H groups in total. The topological polar surface area (TPSA) is 86.4 Å². The van der Waals surface area contributed by atoms with E-state index in [-0.39, 0.29) is 22.5 Å². The minimum absolute atomic E-state index is 0.00143. The maximum absolute atomic E-state index is 12.7. The summed E-state index contributed by atoms with van der Waals surface area (Å²) in [6.07, 6.45) is 0.752. The van der Waals surface area contributed by atoms with Crippen molar-refractivity contribution in [2.24, 2.45) is 0 Å². The molecule has 3 aromatic rings. The monoisotopic (exact) mass is 410 g/mol. The van der Waals surface area contributed by atoms with Crippen LogP contribution in [0.15, 0.2) is 51.7 Å². The molecule has 2 aromatic carbocycles. The van der Waals surface area contributed by atoms with Crippen LogP contribution in [0.25, 0.3) is 22.3 Å². The summed E-state index contributed by atoms with van der Waals surface area (Å²) in [4.78, 5) is 17.3. The second-order valence-corrected chi connectivity index (χ2v) is 7.63. The number of piperazine rings is 1. The third kappa shape index (κ3) is 4.27. The molecule has 0 amide bonds. The van der Waals surface area contributed by atoms with Gasteiger partial charge in [0.25, 0.3) is 0 Å². The number of phenolic OH excluding ortho intramolecular Hbond substituents is 2. The molecule has 0 saturated carbocycles.